The Morgan fingerprint density at radius 1 is 1.32 bits per heavy atom. The minimum atomic E-state index is -0.753. The lowest BCUT2D eigenvalue weighted by molar-refractivity contribution is -0.137. The van der Waals surface area contributed by atoms with E-state index in [1.54, 1.807) is 7.11 Å². The summed E-state index contributed by atoms with van der Waals surface area (Å²) in [4.78, 5) is 12.9. The van der Waals surface area contributed by atoms with E-state index >= 15 is 0 Å². The molecular weight excluding hydrogens is 282 g/mol. The van der Waals surface area contributed by atoms with E-state index in [9.17, 15) is 4.79 Å². The Balaban J connectivity index is 1.99. The largest absolute Gasteiger partial charge is 0.493 e. The van der Waals surface area contributed by atoms with Gasteiger partial charge in [-0.3, -0.25) is 4.79 Å². The first-order valence-electron chi connectivity index (χ1n) is 7.82. The summed E-state index contributed by atoms with van der Waals surface area (Å²) < 4.78 is 11.5. The van der Waals surface area contributed by atoms with Crippen LogP contribution in [0, 0.1) is 0 Å². The number of hydrogen-bond acceptors (Lipinski definition) is 4. The highest BCUT2D eigenvalue weighted by atomic mass is 16.5. The maximum absolute atomic E-state index is 10.6. The van der Waals surface area contributed by atoms with Crippen molar-refractivity contribution in [2.45, 2.75) is 38.2 Å². The molecule has 0 radical (unpaired) electrons. The van der Waals surface area contributed by atoms with E-state index in [1.807, 2.05) is 18.2 Å². The fourth-order valence-corrected chi connectivity index (χ4v) is 2.69. The number of aryl methyl sites for hydroxylation is 1. The molecule has 22 heavy (non-hydrogen) atoms. The Hall–Kier alpha value is -1.75. The fourth-order valence-electron chi connectivity index (χ4n) is 2.69. The molecule has 5 heteroatoms. The zero-order chi connectivity index (χ0) is 15.9. The average Bonchev–Trinajstić information content (AvgIpc) is 2.49. The highest BCUT2D eigenvalue weighted by Crippen LogP contribution is 2.31. The second kappa shape index (κ2) is 8.03. The van der Waals surface area contributed by atoms with Crippen LogP contribution in [0.25, 0.3) is 0 Å². The molecular formula is C17H25NO4. The number of hydrogen-bond donors (Lipinski definition) is 1. The number of methoxy groups -OCH3 is 1. The number of ether oxygens (including phenoxy) is 2. The summed E-state index contributed by atoms with van der Waals surface area (Å²) in [5, 5.41) is 8.72. The molecule has 0 aromatic heterocycles. The van der Waals surface area contributed by atoms with Gasteiger partial charge in [-0.1, -0.05) is 6.07 Å². The molecule has 1 saturated heterocycles. The first kappa shape index (κ1) is 16.6. The normalized spacial score (nSPS) is 16.5. The number of aliphatic carboxylic acids is 1. The zero-order valence-corrected chi connectivity index (χ0v) is 13.4. The van der Waals surface area contributed by atoms with Gasteiger partial charge in [-0.15, -0.1) is 0 Å². The van der Waals surface area contributed by atoms with Gasteiger partial charge in [-0.2, -0.15) is 0 Å². The maximum atomic E-state index is 10.6. The van der Waals surface area contributed by atoms with Crippen molar-refractivity contribution in [3.8, 4) is 11.5 Å². The Morgan fingerprint density at radius 2 is 2.05 bits per heavy atom. The maximum Gasteiger partial charge on any atom is 0.303 e. The number of piperidine rings is 1. The summed E-state index contributed by atoms with van der Waals surface area (Å²) in [6.07, 6.45) is 3.82. The van der Waals surface area contributed by atoms with Crippen LogP contribution in [0.2, 0.25) is 0 Å². The molecule has 0 unspecified atom stereocenters. The second-order valence-electron chi connectivity index (χ2n) is 5.85. The average molecular weight is 307 g/mol. The number of rotatable bonds is 7. The minimum absolute atomic E-state index is 0.192. The van der Waals surface area contributed by atoms with Gasteiger partial charge in [0.1, 0.15) is 6.10 Å². The summed E-state index contributed by atoms with van der Waals surface area (Å²) >= 11 is 0. The van der Waals surface area contributed by atoms with Crippen LogP contribution in [0.5, 0.6) is 11.5 Å². The lowest BCUT2D eigenvalue weighted by atomic mass is 10.1. The molecule has 0 saturated carbocycles. The van der Waals surface area contributed by atoms with E-state index in [4.69, 9.17) is 14.6 Å². The van der Waals surface area contributed by atoms with Crippen LogP contribution in [0.3, 0.4) is 0 Å². The Bertz CT molecular complexity index is 495. The van der Waals surface area contributed by atoms with Crippen molar-refractivity contribution in [1.82, 2.24) is 4.90 Å². The van der Waals surface area contributed by atoms with Crippen LogP contribution >= 0.6 is 0 Å². The smallest absolute Gasteiger partial charge is 0.303 e. The summed E-state index contributed by atoms with van der Waals surface area (Å²) in [5.41, 5.74) is 1.09. The van der Waals surface area contributed by atoms with E-state index in [-0.39, 0.29) is 12.5 Å². The standard InChI is InChI=1S/C17H25NO4/c1-18-10-8-14(9-11-18)22-16-12-13(4-3-5-17(19)20)6-7-15(16)21-2/h6-7,12,14H,3-5,8-11H2,1-2H3,(H,19,20). The number of likely N-dealkylation sites (tertiary alicyclic amines) is 1. The van der Waals surface area contributed by atoms with Gasteiger partial charge in [0.25, 0.3) is 0 Å². The molecule has 1 fully saturated rings. The van der Waals surface area contributed by atoms with E-state index in [0.717, 1.165) is 49.4 Å². The van der Waals surface area contributed by atoms with E-state index in [0.29, 0.717) is 6.42 Å². The van der Waals surface area contributed by atoms with Gasteiger partial charge in [-0.25, -0.2) is 0 Å². The van der Waals surface area contributed by atoms with Crippen molar-refractivity contribution in [2.24, 2.45) is 0 Å². The van der Waals surface area contributed by atoms with Crippen molar-refractivity contribution < 1.29 is 19.4 Å². The van der Waals surface area contributed by atoms with E-state index in [1.165, 1.54) is 0 Å². The molecule has 1 aliphatic heterocycles. The van der Waals surface area contributed by atoms with Crippen LogP contribution in [0.1, 0.15) is 31.2 Å². The van der Waals surface area contributed by atoms with Crippen molar-refractivity contribution in [3.05, 3.63) is 23.8 Å². The molecule has 0 amide bonds. The second-order valence-corrected chi connectivity index (χ2v) is 5.85. The van der Waals surface area contributed by atoms with Gasteiger partial charge in [0.2, 0.25) is 0 Å². The first-order valence-corrected chi connectivity index (χ1v) is 7.82. The molecule has 2 rings (SSSR count). The molecule has 1 aromatic rings. The monoisotopic (exact) mass is 307 g/mol. The molecule has 0 bridgehead atoms. The van der Waals surface area contributed by atoms with Crippen LogP contribution in [0.4, 0.5) is 0 Å². The van der Waals surface area contributed by atoms with Gasteiger partial charge in [0.05, 0.1) is 7.11 Å². The summed E-state index contributed by atoms with van der Waals surface area (Å²) in [6.45, 7) is 2.09. The minimum Gasteiger partial charge on any atom is -0.493 e. The van der Waals surface area contributed by atoms with Crippen LogP contribution in [0.15, 0.2) is 18.2 Å². The zero-order valence-electron chi connectivity index (χ0n) is 13.4. The van der Waals surface area contributed by atoms with Gasteiger partial charge in [0, 0.05) is 19.5 Å². The number of carboxylic acid groups (broad SMARTS) is 1. The van der Waals surface area contributed by atoms with Crippen molar-refractivity contribution >= 4 is 5.97 Å². The van der Waals surface area contributed by atoms with Crippen molar-refractivity contribution in [1.29, 1.82) is 0 Å². The topological polar surface area (TPSA) is 59.0 Å². The summed E-state index contributed by atoms with van der Waals surface area (Å²) in [7, 11) is 3.76. The molecule has 1 aromatic carbocycles. The lowest BCUT2D eigenvalue weighted by Crippen LogP contribution is -2.35. The van der Waals surface area contributed by atoms with Crippen LogP contribution < -0.4 is 9.47 Å². The van der Waals surface area contributed by atoms with Gasteiger partial charge < -0.3 is 19.5 Å². The summed E-state index contributed by atoms with van der Waals surface area (Å²) in [5.74, 6) is 0.752. The van der Waals surface area contributed by atoms with Crippen molar-refractivity contribution in [2.75, 3.05) is 27.2 Å². The quantitative estimate of drug-likeness (QED) is 0.839. The number of carbonyl (C=O) groups is 1. The molecule has 1 heterocycles. The highest BCUT2D eigenvalue weighted by Gasteiger charge is 2.19. The van der Waals surface area contributed by atoms with Crippen LogP contribution in [-0.2, 0) is 11.2 Å². The lowest BCUT2D eigenvalue weighted by Gasteiger charge is -2.29. The number of nitrogens with zero attached hydrogens (tertiary/aromatic N) is 1. The Kier molecular flexibility index (Phi) is 6.07. The van der Waals surface area contributed by atoms with E-state index < -0.39 is 5.97 Å². The van der Waals surface area contributed by atoms with E-state index in [2.05, 4.69) is 11.9 Å². The third kappa shape index (κ3) is 4.91. The molecule has 0 aliphatic carbocycles. The van der Waals surface area contributed by atoms with Crippen molar-refractivity contribution in [3.63, 3.8) is 0 Å². The molecule has 1 N–H and O–H groups in total. The highest BCUT2D eigenvalue weighted by molar-refractivity contribution is 5.66. The molecule has 0 spiro atoms. The van der Waals surface area contributed by atoms with Gasteiger partial charge in [-0.05, 0) is 50.4 Å². The first-order chi connectivity index (χ1) is 10.6. The number of benzene rings is 1. The Morgan fingerprint density at radius 3 is 2.68 bits per heavy atom. The third-order valence-corrected chi connectivity index (χ3v) is 4.04. The Labute approximate surface area is 131 Å². The third-order valence-electron chi connectivity index (χ3n) is 4.04. The molecule has 5 nitrogen and oxygen atoms in total. The van der Waals surface area contributed by atoms with Crippen LogP contribution in [-0.4, -0.2) is 49.3 Å². The predicted octanol–water partition coefficient (Wildman–Crippen LogP) is 2.58. The van der Waals surface area contributed by atoms with Gasteiger partial charge >= 0.3 is 5.97 Å². The molecule has 1 aliphatic rings. The number of carboxylic acids is 1. The summed E-state index contributed by atoms with van der Waals surface area (Å²) in [6, 6.07) is 5.86. The fraction of sp³-hybridized carbons (Fsp3) is 0.588. The molecule has 122 valence electrons. The SMILES string of the molecule is COc1ccc(CCCC(=O)O)cc1OC1CCN(C)CC1. The predicted molar refractivity (Wildman–Crippen MR) is 84.7 cm³/mol. The molecule has 0 atom stereocenters. The van der Waals surface area contributed by atoms with Gasteiger partial charge in [0.15, 0.2) is 11.5 Å².